The highest BCUT2D eigenvalue weighted by atomic mass is 35.5. The van der Waals surface area contributed by atoms with Crippen molar-refractivity contribution in [1.82, 2.24) is 0 Å². The summed E-state index contributed by atoms with van der Waals surface area (Å²) in [6.07, 6.45) is 0.117. The fourth-order valence-electron chi connectivity index (χ4n) is 1.50. The van der Waals surface area contributed by atoms with Crippen LogP contribution < -0.4 is 16.2 Å². The van der Waals surface area contributed by atoms with E-state index in [4.69, 9.17) is 32.9 Å². The summed E-state index contributed by atoms with van der Waals surface area (Å²) in [4.78, 5) is 10.6. The summed E-state index contributed by atoms with van der Waals surface area (Å²) < 4.78 is 5.14. The molecule has 2 atom stereocenters. The Balaban J connectivity index is 2.90. The largest absolute Gasteiger partial charge is 0.496 e. The van der Waals surface area contributed by atoms with Gasteiger partial charge in [0.15, 0.2) is 0 Å². The van der Waals surface area contributed by atoms with Crippen LogP contribution in [0.25, 0.3) is 0 Å². The number of methoxy groups -OCH3 is 1. The average Bonchev–Trinajstić information content (AvgIpc) is 2.28. The highest BCUT2D eigenvalue weighted by Crippen LogP contribution is 2.29. The second kappa shape index (κ2) is 5.86. The number of aliphatic carboxylic acids is 1. The Hall–Kier alpha value is -1.30. The molecule has 0 aliphatic carbocycles. The third-order valence-corrected chi connectivity index (χ3v) is 2.65. The quantitative estimate of drug-likeness (QED) is 0.736. The van der Waals surface area contributed by atoms with Gasteiger partial charge >= 0.3 is 5.97 Å². The number of nitrogens with two attached hydrogens (primary N) is 2. The van der Waals surface area contributed by atoms with E-state index in [1.165, 1.54) is 7.11 Å². The molecule has 0 bridgehead atoms. The first kappa shape index (κ1) is 13.8. The minimum Gasteiger partial charge on any atom is -0.496 e. The van der Waals surface area contributed by atoms with Crippen molar-refractivity contribution in [2.45, 2.75) is 18.5 Å². The molecule has 0 spiro atoms. The molecule has 1 aromatic carbocycles. The van der Waals surface area contributed by atoms with E-state index in [0.717, 1.165) is 0 Å². The van der Waals surface area contributed by atoms with E-state index in [1.807, 2.05) is 0 Å². The number of ether oxygens (including phenoxy) is 1. The van der Waals surface area contributed by atoms with Gasteiger partial charge in [-0.1, -0.05) is 11.6 Å². The summed E-state index contributed by atoms with van der Waals surface area (Å²) in [6, 6.07) is 3.47. The van der Waals surface area contributed by atoms with Gasteiger partial charge in [0.05, 0.1) is 7.11 Å². The molecule has 0 aliphatic heterocycles. The van der Waals surface area contributed by atoms with E-state index < -0.39 is 18.1 Å². The first-order chi connectivity index (χ1) is 7.95. The van der Waals surface area contributed by atoms with Gasteiger partial charge in [-0.3, -0.25) is 4.79 Å². The van der Waals surface area contributed by atoms with E-state index in [-0.39, 0.29) is 6.42 Å². The van der Waals surface area contributed by atoms with Crippen LogP contribution in [0.1, 0.15) is 18.0 Å². The van der Waals surface area contributed by atoms with Gasteiger partial charge in [-0.05, 0) is 24.6 Å². The van der Waals surface area contributed by atoms with Gasteiger partial charge in [0.1, 0.15) is 11.8 Å². The van der Waals surface area contributed by atoms with Crippen molar-refractivity contribution in [3.05, 3.63) is 28.8 Å². The molecule has 0 radical (unpaired) electrons. The molecule has 17 heavy (non-hydrogen) atoms. The van der Waals surface area contributed by atoms with E-state index in [9.17, 15) is 4.79 Å². The van der Waals surface area contributed by atoms with Crippen LogP contribution in [0.5, 0.6) is 5.75 Å². The maximum atomic E-state index is 10.6. The number of carboxylic acid groups (broad SMARTS) is 1. The standard InChI is InChI=1S/C11H15ClN2O3/c1-17-10-3-2-6(12)4-7(10)8(13)5-9(14)11(15)16/h2-4,8-9H,5,13-14H2,1H3,(H,15,16). The molecule has 0 fully saturated rings. The number of hydrogen-bond donors (Lipinski definition) is 3. The van der Waals surface area contributed by atoms with Crippen LogP contribution >= 0.6 is 11.6 Å². The summed E-state index contributed by atoms with van der Waals surface area (Å²) in [5.74, 6) is -0.513. The monoisotopic (exact) mass is 258 g/mol. The molecule has 0 amide bonds. The molecular formula is C11H15ClN2O3. The van der Waals surface area contributed by atoms with Crippen LogP contribution in [0, 0.1) is 0 Å². The first-order valence-electron chi connectivity index (χ1n) is 5.03. The molecule has 94 valence electrons. The minimum absolute atomic E-state index is 0.117. The summed E-state index contributed by atoms with van der Waals surface area (Å²) in [6.45, 7) is 0. The average molecular weight is 259 g/mol. The van der Waals surface area contributed by atoms with Gasteiger partial charge in [0.2, 0.25) is 0 Å². The van der Waals surface area contributed by atoms with Gasteiger partial charge in [-0.15, -0.1) is 0 Å². The Morgan fingerprint density at radius 2 is 2.18 bits per heavy atom. The van der Waals surface area contributed by atoms with Crippen LogP contribution in [-0.2, 0) is 4.79 Å². The van der Waals surface area contributed by atoms with Gasteiger partial charge in [-0.25, -0.2) is 0 Å². The van der Waals surface area contributed by atoms with Crippen molar-refractivity contribution >= 4 is 17.6 Å². The summed E-state index contributed by atoms with van der Waals surface area (Å²) in [7, 11) is 1.51. The topological polar surface area (TPSA) is 98.6 Å². The van der Waals surface area contributed by atoms with E-state index in [1.54, 1.807) is 18.2 Å². The second-order valence-electron chi connectivity index (χ2n) is 3.67. The van der Waals surface area contributed by atoms with Crippen molar-refractivity contribution in [3.8, 4) is 5.75 Å². The third kappa shape index (κ3) is 3.59. The van der Waals surface area contributed by atoms with Gasteiger partial charge in [0.25, 0.3) is 0 Å². The van der Waals surface area contributed by atoms with Gasteiger partial charge in [0, 0.05) is 16.6 Å². The van der Waals surface area contributed by atoms with Crippen molar-refractivity contribution < 1.29 is 14.6 Å². The molecule has 0 aliphatic rings. The van der Waals surface area contributed by atoms with E-state index in [2.05, 4.69) is 0 Å². The summed E-state index contributed by atoms with van der Waals surface area (Å²) >= 11 is 5.86. The van der Waals surface area contributed by atoms with Crippen LogP contribution in [-0.4, -0.2) is 24.2 Å². The third-order valence-electron chi connectivity index (χ3n) is 2.42. The van der Waals surface area contributed by atoms with Crippen LogP contribution in [0.3, 0.4) is 0 Å². The highest BCUT2D eigenvalue weighted by molar-refractivity contribution is 6.30. The number of hydrogen-bond acceptors (Lipinski definition) is 4. The molecule has 0 saturated heterocycles. The molecule has 0 heterocycles. The SMILES string of the molecule is COc1ccc(Cl)cc1C(N)CC(N)C(=O)O. The highest BCUT2D eigenvalue weighted by Gasteiger charge is 2.19. The Bertz CT molecular complexity index is 412. The van der Waals surface area contributed by atoms with Crippen LogP contribution in [0.4, 0.5) is 0 Å². The number of rotatable bonds is 5. The zero-order valence-corrected chi connectivity index (χ0v) is 10.1. The second-order valence-corrected chi connectivity index (χ2v) is 4.11. The zero-order chi connectivity index (χ0) is 13.0. The van der Waals surface area contributed by atoms with E-state index in [0.29, 0.717) is 16.3 Å². The predicted molar refractivity (Wildman–Crippen MR) is 65.2 cm³/mol. The van der Waals surface area contributed by atoms with Crippen molar-refractivity contribution in [2.24, 2.45) is 11.5 Å². The maximum absolute atomic E-state index is 10.6. The summed E-state index contributed by atoms with van der Waals surface area (Å²) in [5, 5.41) is 9.24. The lowest BCUT2D eigenvalue weighted by Gasteiger charge is -2.17. The molecular weight excluding hydrogens is 244 g/mol. The number of halogens is 1. The number of carboxylic acids is 1. The summed E-state index contributed by atoms with van der Waals surface area (Å²) in [5.41, 5.74) is 12.0. The Morgan fingerprint density at radius 1 is 1.53 bits per heavy atom. The van der Waals surface area contributed by atoms with Crippen LogP contribution in [0.15, 0.2) is 18.2 Å². The Morgan fingerprint density at radius 3 is 2.71 bits per heavy atom. The fourth-order valence-corrected chi connectivity index (χ4v) is 1.68. The molecule has 5 nitrogen and oxygen atoms in total. The predicted octanol–water partition coefficient (Wildman–Crippen LogP) is 1.15. The lowest BCUT2D eigenvalue weighted by atomic mass is 9.99. The van der Waals surface area contributed by atoms with Crippen molar-refractivity contribution in [3.63, 3.8) is 0 Å². The molecule has 0 saturated carbocycles. The zero-order valence-electron chi connectivity index (χ0n) is 9.39. The lowest BCUT2D eigenvalue weighted by molar-refractivity contribution is -0.138. The Kier molecular flexibility index (Phi) is 4.74. The smallest absolute Gasteiger partial charge is 0.320 e. The minimum atomic E-state index is -1.08. The molecule has 1 rings (SSSR count). The molecule has 0 aromatic heterocycles. The molecule has 2 unspecified atom stereocenters. The lowest BCUT2D eigenvalue weighted by Crippen LogP contribution is -2.33. The molecule has 5 N–H and O–H groups in total. The molecule has 1 aromatic rings. The van der Waals surface area contributed by atoms with Crippen molar-refractivity contribution in [2.75, 3.05) is 7.11 Å². The Labute approximate surface area is 104 Å². The maximum Gasteiger partial charge on any atom is 0.320 e. The first-order valence-corrected chi connectivity index (χ1v) is 5.41. The normalized spacial score (nSPS) is 14.1. The fraction of sp³-hybridized carbons (Fsp3) is 0.364. The van der Waals surface area contributed by atoms with Crippen LogP contribution in [0.2, 0.25) is 5.02 Å². The number of carbonyl (C=O) groups is 1. The van der Waals surface area contributed by atoms with Crippen molar-refractivity contribution in [1.29, 1.82) is 0 Å². The number of benzene rings is 1. The van der Waals surface area contributed by atoms with Gasteiger partial charge < -0.3 is 21.3 Å². The van der Waals surface area contributed by atoms with Gasteiger partial charge in [-0.2, -0.15) is 0 Å². The van der Waals surface area contributed by atoms with E-state index >= 15 is 0 Å². The molecule has 6 heteroatoms.